The molecule has 102 valence electrons. The molecule has 8 heteroatoms. The Morgan fingerprint density at radius 1 is 1.42 bits per heavy atom. The van der Waals surface area contributed by atoms with Crippen molar-refractivity contribution >= 4 is 17.8 Å². The molecule has 1 rings (SSSR count). The summed E-state index contributed by atoms with van der Waals surface area (Å²) in [6, 6.07) is 1.43. The molecule has 0 unspecified atom stereocenters. The van der Waals surface area contributed by atoms with Gasteiger partial charge in [-0.05, 0) is 18.6 Å². The second-order valence-electron chi connectivity index (χ2n) is 3.78. The smallest absolute Gasteiger partial charge is 0.326 e. The van der Waals surface area contributed by atoms with E-state index in [1.165, 1.54) is 18.3 Å². The van der Waals surface area contributed by atoms with Crippen LogP contribution in [0.15, 0.2) is 23.1 Å². The number of nitrogens with two attached hydrogens (primary N) is 1. The van der Waals surface area contributed by atoms with Crippen LogP contribution in [-0.2, 0) is 9.59 Å². The van der Waals surface area contributed by atoms with Crippen LogP contribution in [0.25, 0.3) is 0 Å². The third-order valence-corrected chi connectivity index (χ3v) is 2.35. The van der Waals surface area contributed by atoms with Crippen LogP contribution < -0.4 is 16.6 Å². The van der Waals surface area contributed by atoms with Crippen LogP contribution in [0.2, 0.25) is 0 Å². The lowest BCUT2D eigenvalue weighted by molar-refractivity contribution is -0.139. The maximum absolute atomic E-state index is 11.7. The summed E-state index contributed by atoms with van der Waals surface area (Å²) in [7, 11) is 0. The van der Waals surface area contributed by atoms with Gasteiger partial charge in [0.15, 0.2) is 0 Å². The molecule has 0 saturated heterocycles. The lowest BCUT2D eigenvalue weighted by atomic mass is 10.1. The number of aromatic nitrogens is 1. The summed E-state index contributed by atoms with van der Waals surface area (Å²) in [5.74, 6) is -2.79. The molecule has 0 aromatic carbocycles. The number of carboxylic acids is 1. The van der Waals surface area contributed by atoms with Crippen LogP contribution >= 0.6 is 0 Å². The highest BCUT2D eigenvalue weighted by molar-refractivity contribution is 5.96. The highest BCUT2D eigenvalue weighted by Crippen LogP contribution is 1.99. The van der Waals surface area contributed by atoms with E-state index in [0.717, 1.165) is 0 Å². The summed E-state index contributed by atoms with van der Waals surface area (Å²) in [6.45, 7) is 0. The fraction of sp³-hybridized carbons (Fsp3) is 0.273. The summed E-state index contributed by atoms with van der Waals surface area (Å²) < 4.78 is 0. The standard InChI is InChI=1S/C11H13N3O5/c12-8(15)4-3-7(11(18)19)14-10(17)6-2-1-5-13-9(6)16/h1-2,5,7H,3-4H2,(H2,12,15)(H,13,16)(H,14,17)(H,18,19)/t7-/m1/s1. The molecule has 0 bridgehead atoms. The molecule has 2 amide bonds. The Hall–Kier alpha value is -2.64. The predicted octanol–water partition coefficient (Wildman–Crippen LogP) is -1.18. The lowest BCUT2D eigenvalue weighted by Crippen LogP contribution is -2.43. The van der Waals surface area contributed by atoms with E-state index in [-0.39, 0.29) is 18.4 Å². The lowest BCUT2D eigenvalue weighted by Gasteiger charge is -2.13. The summed E-state index contributed by atoms with van der Waals surface area (Å²) in [4.78, 5) is 46.9. The molecular weight excluding hydrogens is 254 g/mol. The van der Waals surface area contributed by atoms with Crippen LogP contribution in [0, 0.1) is 0 Å². The number of carbonyl (C=O) groups is 3. The van der Waals surface area contributed by atoms with Gasteiger partial charge >= 0.3 is 5.97 Å². The minimum atomic E-state index is -1.30. The van der Waals surface area contributed by atoms with E-state index in [1.54, 1.807) is 0 Å². The number of aromatic amines is 1. The quantitative estimate of drug-likeness (QED) is 0.513. The van der Waals surface area contributed by atoms with Crippen molar-refractivity contribution in [2.75, 3.05) is 0 Å². The third kappa shape index (κ3) is 4.26. The number of carboxylic acid groups (broad SMARTS) is 1. The maximum Gasteiger partial charge on any atom is 0.326 e. The van der Waals surface area contributed by atoms with Crippen molar-refractivity contribution in [3.63, 3.8) is 0 Å². The zero-order valence-corrected chi connectivity index (χ0v) is 9.88. The average molecular weight is 267 g/mol. The second kappa shape index (κ2) is 6.34. The first-order chi connectivity index (χ1) is 8.91. The van der Waals surface area contributed by atoms with Gasteiger partial charge in [0.1, 0.15) is 11.6 Å². The molecule has 5 N–H and O–H groups in total. The van der Waals surface area contributed by atoms with E-state index < -0.39 is 29.4 Å². The van der Waals surface area contributed by atoms with E-state index in [2.05, 4.69) is 10.3 Å². The van der Waals surface area contributed by atoms with Gasteiger partial charge in [-0.2, -0.15) is 0 Å². The topological polar surface area (TPSA) is 142 Å². The van der Waals surface area contributed by atoms with E-state index in [4.69, 9.17) is 10.8 Å². The molecule has 0 aliphatic carbocycles. The highest BCUT2D eigenvalue weighted by Gasteiger charge is 2.22. The fourth-order valence-electron chi connectivity index (χ4n) is 1.38. The van der Waals surface area contributed by atoms with Gasteiger partial charge in [0, 0.05) is 12.6 Å². The number of primary amides is 1. The van der Waals surface area contributed by atoms with E-state index in [0.29, 0.717) is 0 Å². The first-order valence-electron chi connectivity index (χ1n) is 5.41. The van der Waals surface area contributed by atoms with E-state index in [9.17, 15) is 19.2 Å². The normalized spacial score (nSPS) is 11.6. The number of pyridine rings is 1. The molecule has 0 fully saturated rings. The zero-order valence-electron chi connectivity index (χ0n) is 9.88. The molecule has 0 aliphatic rings. The molecule has 1 atom stereocenters. The van der Waals surface area contributed by atoms with Crippen LogP contribution in [0.3, 0.4) is 0 Å². The molecule has 1 aromatic rings. The Labute approximate surface area is 107 Å². The Kier molecular flexibility index (Phi) is 4.81. The van der Waals surface area contributed by atoms with Gasteiger partial charge in [0.05, 0.1) is 0 Å². The van der Waals surface area contributed by atoms with Gasteiger partial charge in [-0.25, -0.2) is 4.79 Å². The van der Waals surface area contributed by atoms with Crippen molar-refractivity contribution in [2.24, 2.45) is 5.73 Å². The Bertz CT molecular complexity index is 551. The molecular formula is C11H13N3O5. The molecule has 1 heterocycles. The largest absolute Gasteiger partial charge is 0.480 e. The Morgan fingerprint density at radius 2 is 2.11 bits per heavy atom. The SMILES string of the molecule is NC(=O)CC[C@@H](NC(=O)c1ccc[nH]c1=O)C(=O)O. The number of hydrogen-bond donors (Lipinski definition) is 4. The Morgan fingerprint density at radius 3 is 2.63 bits per heavy atom. The molecule has 0 radical (unpaired) electrons. The molecule has 8 nitrogen and oxygen atoms in total. The molecule has 0 spiro atoms. The monoisotopic (exact) mass is 267 g/mol. The van der Waals surface area contributed by atoms with Gasteiger partial charge in [-0.1, -0.05) is 0 Å². The van der Waals surface area contributed by atoms with Crippen LogP contribution in [-0.4, -0.2) is 33.9 Å². The minimum absolute atomic E-state index is 0.138. The number of nitrogens with one attached hydrogen (secondary N) is 2. The predicted molar refractivity (Wildman–Crippen MR) is 64.4 cm³/mol. The third-order valence-electron chi connectivity index (χ3n) is 2.35. The van der Waals surface area contributed by atoms with Crippen molar-refractivity contribution < 1.29 is 19.5 Å². The van der Waals surface area contributed by atoms with Crippen LogP contribution in [0.1, 0.15) is 23.2 Å². The summed E-state index contributed by atoms with van der Waals surface area (Å²) >= 11 is 0. The average Bonchev–Trinajstić information content (AvgIpc) is 2.34. The summed E-state index contributed by atoms with van der Waals surface area (Å²) in [6.07, 6.45) is 1.03. The number of H-pyrrole nitrogens is 1. The van der Waals surface area contributed by atoms with Gasteiger partial charge in [0.2, 0.25) is 5.91 Å². The van der Waals surface area contributed by atoms with Gasteiger partial charge in [-0.3, -0.25) is 14.4 Å². The van der Waals surface area contributed by atoms with E-state index in [1.807, 2.05) is 0 Å². The van der Waals surface area contributed by atoms with Gasteiger partial charge in [-0.15, -0.1) is 0 Å². The molecule has 0 saturated carbocycles. The van der Waals surface area contributed by atoms with Gasteiger partial charge < -0.3 is 21.1 Å². The fourth-order valence-corrected chi connectivity index (χ4v) is 1.38. The number of amides is 2. The second-order valence-corrected chi connectivity index (χ2v) is 3.78. The van der Waals surface area contributed by atoms with Gasteiger partial charge in [0.25, 0.3) is 11.5 Å². The molecule has 0 aliphatic heterocycles. The van der Waals surface area contributed by atoms with Crippen molar-refractivity contribution in [2.45, 2.75) is 18.9 Å². The van der Waals surface area contributed by atoms with Crippen molar-refractivity contribution in [1.29, 1.82) is 0 Å². The van der Waals surface area contributed by atoms with Crippen molar-refractivity contribution in [1.82, 2.24) is 10.3 Å². The van der Waals surface area contributed by atoms with Crippen LogP contribution in [0.4, 0.5) is 0 Å². The number of rotatable bonds is 6. The Balaban J connectivity index is 2.77. The van der Waals surface area contributed by atoms with Crippen molar-refractivity contribution in [3.05, 3.63) is 34.2 Å². The summed E-state index contributed by atoms with van der Waals surface area (Å²) in [5, 5.41) is 11.1. The zero-order chi connectivity index (χ0) is 14.4. The van der Waals surface area contributed by atoms with Crippen molar-refractivity contribution in [3.8, 4) is 0 Å². The van der Waals surface area contributed by atoms with Crippen LogP contribution in [0.5, 0.6) is 0 Å². The summed E-state index contributed by atoms with van der Waals surface area (Å²) in [5.41, 5.74) is 4.08. The number of aliphatic carboxylic acids is 1. The number of hydrogen-bond acceptors (Lipinski definition) is 4. The minimum Gasteiger partial charge on any atom is -0.480 e. The highest BCUT2D eigenvalue weighted by atomic mass is 16.4. The molecule has 19 heavy (non-hydrogen) atoms. The van der Waals surface area contributed by atoms with E-state index >= 15 is 0 Å². The number of carbonyl (C=O) groups excluding carboxylic acids is 2. The first-order valence-corrected chi connectivity index (χ1v) is 5.41. The first kappa shape index (κ1) is 14.4. The maximum atomic E-state index is 11.7. The molecule has 1 aromatic heterocycles.